The summed E-state index contributed by atoms with van der Waals surface area (Å²) in [5.41, 5.74) is 2.70. The molecule has 0 saturated heterocycles. The van der Waals surface area contributed by atoms with Gasteiger partial charge in [0.25, 0.3) is 0 Å². The molecule has 0 N–H and O–H groups in total. The van der Waals surface area contributed by atoms with Gasteiger partial charge in [-0.1, -0.05) is 48.0 Å². The van der Waals surface area contributed by atoms with Crippen molar-refractivity contribution in [3.63, 3.8) is 0 Å². The SMILES string of the molecule is ClC1=CC=C2C=CN(Cc3ccccc3)C2C1. The maximum atomic E-state index is 6.11. The molecule has 0 fully saturated rings. The van der Waals surface area contributed by atoms with Gasteiger partial charge in [-0.2, -0.15) is 0 Å². The van der Waals surface area contributed by atoms with E-state index in [0.29, 0.717) is 6.04 Å². The van der Waals surface area contributed by atoms with Crippen LogP contribution in [0.5, 0.6) is 0 Å². The van der Waals surface area contributed by atoms with Gasteiger partial charge in [0, 0.05) is 24.2 Å². The zero-order valence-electron chi connectivity index (χ0n) is 9.51. The lowest BCUT2D eigenvalue weighted by atomic mass is 10.00. The zero-order valence-corrected chi connectivity index (χ0v) is 10.3. The van der Waals surface area contributed by atoms with E-state index in [9.17, 15) is 0 Å². The number of hydrogen-bond donors (Lipinski definition) is 0. The number of nitrogens with zero attached hydrogens (tertiary/aromatic N) is 1. The first-order chi connectivity index (χ1) is 8.33. The lowest BCUT2D eigenvalue weighted by molar-refractivity contribution is 0.319. The van der Waals surface area contributed by atoms with E-state index in [1.807, 2.05) is 6.08 Å². The summed E-state index contributed by atoms with van der Waals surface area (Å²) >= 11 is 6.11. The monoisotopic (exact) mass is 243 g/mol. The van der Waals surface area contributed by atoms with Crippen molar-refractivity contribution >= 4 is 11.6 Å². The topological polar surface area (TPSA) is 3.24 Å². The fourth-order valence-corrected chi connectivity index (χ4v) is 2.60. The van der Waals surface area contributed by atoms with Gasteiger partial charge in [-0.25, -0.2) is 0 Å². The molecule has 17 heavy (non-hydrogen) atoms. The Hall–Kier alpha value is -1.47. The van der Waals surface area contributed by atoms with Crippen LogP contribution in [0.15, 0.2) is 65.4 Å². The van der Waals surface area contributed by atoms with E-state index in [4.69, 9.17) is 11.6 Å². The van der Waals surface area contributed by atoms with Gasteiger partial charge in [0.2, 0.25) is 0 Å². The molecular formula is C15H14ClN. The summed E-state index contributed by atoms with van der Waals surface area (Å²) < 4.78 is 0. The quantitative estimate of drug-likeness (QED) is 0.763. The number of fused-ring (bicyclic) bond motifs is 1. The van der Waals surface area contributed by atoms with Crippen molar-refractivity contribution in [2.24, 2.45) is 0 Å². The Bertz CT molecular complexity index is 499. The number of allylic oxidation sites excluding steroid dienone is 2. The Labute approximate surface area is 107 Å². The molecule has 1 unspecified atom stereocenters. The molecule has 1 atom stereocenters. The molecule has 2 aliphatic rings. The molecule has 1 aromatic rings. The van der Waals surface area contributed by atoms with E-state index in [0.717, 1.165) is 18.0 Å². The third kappa shape index (κ3) is 2.16. The normalized spacial score (nSPS) is 22.2. The molecule has 0 aromatic heterocycles. The van der Waals surface area contributed by atoms with Crippen molar-refractivity contribution in [3.8, 4) is 0 Å². The summed E-state index contributed by atoms with van der Waals surface area (Å²) in [6, 6.07) is 11.0. The van der Waals surface area contributed by atoms with Crippen molar-refractivity contribution in [1.29, 1.82) is 0 Å². The molecule has 1 aromatic carbocycles. The molecule has 86 valence electrons. The maximum Gasteiger partial charge on any atom is 0.0590 e. The third-order valence-electron chi connectivity index (χ3n) is 3.30. The summed E-state index contributed by atoms with van der Waals surface area (Å²) in [7, 11) is 0. The molecule has 1 aliphatic heterocycles. The molecule has 2 heteroatoms. The van der Waals surface area contributed by atoms with E-state index in [2.05, 4.69) is 53.6 Å². The molecule has 0 amide bonds. The first-order valence-corrected chi connectivity index (χ1v) is 6.25. The summed E-state index contributed by atoms with van der Waals surface area (Å²) in [6.45, 7) is 0.948. The Morgan fingerprint density at radius 2 is 2.00 bits per heavy atom. The average Bonchev–Trinajstić information content (AvgIpc) is 2.73. The molecule has 1 heterocycles. The van der Waals surface area contributed by atoms with Crippen molar-refractivity contribution in [2.75, 3.05) is 0 Å². The predicted molar refractivity (Wildman–Crippen MR) is 71.5 cm³/mol. The summed E-state index contributed by atoms with van der Waals surface area (Å²) in [5.74, 6) is 0. The molecule has 1 nitrogen and oxygen atoms in total. The first kappa shape index (κ1) is 10.7. The number of benzene rings is 1. The van der Waals surface area contributed by atoms with E-state index in [1.165, 1.54) is 11.1 Å². The average molecular weight is 244 g/mol. The van der Waals surface area contributed by atoms with Crippen LogP contribution in [0.2, 0.25) is 0 Å². The van der Waals surface area contributed by atoms with E-state index in [-0.39, 0.29) is 0 Å². The number of hydrogen-bond acceptors (Lipinski definition) is 1. The molecule has 3 rings (SSSR count). The first-order valence-electron chi connectivity index (χ1n) is 5.87. The van der Waals surface area contributed by atoms with Gasteiger partial charge >= 0.3 is 0 Å². The van der Waals surface area contributed by atoms with Crippen LogP contribution in [0, 0.1) is 0 Å². The van der Waals surface area contributed by atoms with Gasteiger partial charge < -0.3 is 4.90 Å². The minimum absolute atomic E-state index is 0.424. The van der Waals surface area contributed by atoms with Crippen LogP contribution in [0.1, 0.15) is 12.0 Å². The van der Waals surface area contributed by atoms with Crippen molar-refractivity contribution < 1.29 is 0 Å². The molecule has 0 saturated carbocycles. The van der Waals surface area contributed by atoms with Crippen LogP contribution in [0.4, 0.5) is 0 Å². The van der Waals surface area contributed by atoms with Gasteiger partial charge in [0.05, 0.1) is 6.04 Å². The Kier molecular flexibility index (Phi) is 2.77. The Morgan fingerprint density at radius 3 is 2.82 bits per heavy atom. The van der Waals surface area contributed by atoms with E-state index >= 15 is 0 Å². The maximum absolute atomic E-state index is 6.11. The lowest BCUT2D eigenvalue weighted by Crippen LogP contribution is -2.28. The molecule has 0 radical (unpaired) electrons. The highest BCUT2D eigenvalue weighted by molar-refractivity contribution is 6.29. The minimum Gasteiger partial charge on any atom is -0.366 e. The largest absolute Gasteiger partial charge is 0.366 e. The van der Waals surface area contributed by atoms with Crippen LogP contribution in [-0.4, -0.2) is 10.9 Å². The van der Waals surface area contributed by atoms with Gasteiger partial charge in [-0.05, 0) is 23.3 Å². The summed E-state index contributed by atoms with van der Waals surface area (Å²) in [5, 5.41) is 0.945. The highest BCUT2D eigenvalue weighted by atomic mass is 35.5. The molecule has 0 bridgehead atoms. The van der Waals surface area contributed by atoms with E-state index < -0.39 is 0 Å². The van der Waals surface area contributed by atoms with E-state index in [1.54, 1.807) is 0 Å². The third-order valence-corrected chi connectivity index (χ3v) is 3.58. The van der Waals surface area contributed by atoms with Gasteiger partial charge in [-0.3, -0.25) is 0 Å². The van der Waals surface area contributed by atoms with Crippen LogP contribution >= 0.6 is 11.6 Å². The smallest absolute Gasteiger partial charge is 0.0590 e. The lowest BCUT2D eigenvalue weighted by Gasteiger charge is -2.28. The zero-order chi connectivity index (χ0) is 11.7. The number of halogens is 1. The number of rotatable bonds is 2. The fourth-order valence-electron chi connectivity index (χ4n) is 2.39. The molecule has 0 spiro atoms. The summed E-state index contributed by atoms with van der Waals surface area (Å²) in [4.78, 5) is 2.36. The van der Waals surface area contributed by atoms with Crippen LogP contribution in [0.25, 0.3) is 0 Å². The van der Waals surface area contributed by atoms with Crippen molar-refractivity contribution in [2.45, 2.75) is 19.0 Å². The fraction of sp³-hybridized carbons (Fsp3) is 0.200. The minimum atomic E-state index is 0.424. The highest BCUT2D eigenvalue weighted by Gasteiger charge is 2.26. The van der Waals surface area contributed by atoms with Crippen LogP contribution in [-0.2, 0) is 6.54 Å². The standard InChI is InChI=1S/C15H14ClN/c16-14-7-6-13-8-9-17(15(13)10-14)11-12-4-2-1-3-5-12/h1-9,15H,10-11H2. The Balaban J connectivity index is 1.77. The second-order valence-corrected chi connectivity index (χ2v) is 4.96. The predicted octanol–water partition coefficient (Wildman–Crippen LogP) is 3.84. The molecule has 1 aliphatic carbocycles. The van der Waals surface area contributed by atoms with Crippen LogP contribution < -0.4 is 0 Å². The van der Waals surface area contributed by atoms with Crippen LogP contribution in [0.3, 0.4) is 0 Å². The second-order valence-electron chi connectivity index (χ2n) is 4.47. The van der Waals surface area contributed by atoms with Crippen molar-refractivity contribution in [1.82, 2.24) is 4.90 Å². The van der Waals surface area contributed by atoms with Gasteiger partial charge in [0.15, 0.2) is 0 Å². The summed E-state index contributed by atoms with van der Waals surface area (Å²) in [6.07, 6.45) is 9.41. The highest BCUT2D eigenvalue weighted by Crippen LogP contribution is 2.32. The molecular weight excluding hydrogens is 230 g/mol. The Morgan fingerprint density at radius 1 is 1.18 bits per heavy atom. The van der Waals surface area contributed by atoms with Gasteiger partial charge in [0.1, 0.15) is 0 Å². The second kappa shape index (κ2) is 4.42. The van der Waals surface area contributed by atoms with Gasteiger partial charge in [-0.15, -0.1) is 0 Å². The van der Waals surface area contributed by atoms with Crippen molar-refractivity contribution in [3.05, 3.63) is 70.9 Å².